The van der Waals surface area contributed by atoms with Gasteiger partial charge in [0, 0.05) is 81.9 Å². The zero-order chi connectivity index (χ0) is 52.5. The summed E-state index contributed by atoms with van der Waals surface area (Å²) in [6.45, 7) is 4.32. The molecule has 3 amide bonds. The van der Waals surface area contributed by atoms with Crippen molar-refractivity contribution in [1.82, 2.24) is 34.1 Å². The lowest BCUT2D eigenvalue weighted by Gasteiger charge is -2.38. The van der Waals surface area contributed by atoms with Crippen LogP contribution in [0.25, 0.3) is 11.3 Å². The van der Waals surface area contributed by atoms with E-state index in [1.165, 1.54) is 7.11 Å². The zero-order valence-electron chi connectivity index (χ0n) is 43.7. The molecule has 5 aromatic rings. The topological polar surface area (TPSA) is 130 Å². The van der Waals surface area contributed by atoms with Crippen molar-refractivity contribution in [1.29, 1.82) is 0 Å². The molecule has 2 fully saturated rings. The standard InChI is InChI=1S/C58H71Cl2N7O7/c1-62(2)37-55-61-34-52(65(55)5)41-16-22-47(23-17-41)74-54-32-45(60)21-15-42(54)35-67-51(12-9-25-66-26-28-73-29-27-66)53(68)31-43(38-72-6)57(70)64(4)46(30-39-13-19-44(59)20-14-39)36-63(3)58(71)50(33-56(67)69)49-24-18-40-10-7-8-11-48(40)49/h7-8,10-11,13-17,19-23,32,34,43,46,49-51H,9,12,18,24-31,33,35-38H2,1-6H3/t43-,46+,49-,50-,51-/m0/s1. The van der Waals surface area contributed by atoms with Crippen LogP contribution in [0.2, 0.25) is 10.0 Å². The highest BCUT2D eigenvalue weighted by molar-refractivity contribution is 6.31. The van der Waals surface area contributed by atoms with Gasteiger partial charge in [0.05, 0.1) is 68.7 Å². The predicted molar refractivity (Wildman–Crippen MR) is 288 cm³/mol. The van der Waals surface area contributed by atoms with Crippen LogP contribution >= 0.6 is 23.2 Å². The number of hydrogen-bond donors (Lipinski definition) is 0. The Morgan fingerprint density at radius 2 is 1.57 bits per heavy atom. The number of rotatable bonds is 16. The predicted octanol–water partition coefficient (Wildman–Crippen LogP) is 8.56. The second-order valence-electron chi connectivity index (χ2n) is 20.5. The molecule has 16 heteroatoms. The fourth-order valence-corrected chi connectivity index (χ4v) is 11.3. The Kier molecular flexibility index (Phi) is 18.7. The van der Waals surface area contributed by atoms with Gasteiger partial charge in [-0.15, -0.1) is 0 Å². The number of aromatic nitrogens is 2. The van der Waals surface area contributed by atoms with Crippen LogP contribution in [-0.2, 0) is 61.6 Å². The number of imidazole rings is 1. The highest BCUT2D eigenvalue weighted by Crippen LogP contribution is 2.42. The first-order valence-corrected chi connectivity index (χ1v) is 26.6. The van der Waals surface area contributed by atoms with Gasteiger partial charge in [0.25, 0.3) is 0 Å². The summed E-state index contributed by atoms with van der Waals surface area (Å²) in [4.78, 5) is 75.6. The maximum absolute atomic E-state index is 15.8. The molecule has 0 bridgehead atoms. The van der Waals surface area contributed by atoms with Crippen molar-refractivity contribution in [2.75, 3.05) is 81.3 Å². The summed E-state index contributed by atoms with van der Waals surface area (Å²) in [6.07, 6.45) is 4.39. The summed E-state index contributed by atoms with van der Waals surface area (Å²) in [5.74, 6) is -1.02. The van der Waals surface area contributed by atoms with Crippen LogP contribution < -0.4 is 4.74 Å². The normalized spacial score (nSPS) is 21.6. The molecule has 0 unspecified atom stereocenters. The summed E-state index contributed by atoms with van der Waals surface area (Å²) in [6, 6.07) is 27.3. The lowest BCUT2D eigenvalue weighted by Crippen LogP contribution is -2.53. The number of aryl methyl sites for hydroxylation is 1. The van der Waals surface area contributed by atoms with Crippen LogP contribution in [0.4, 0.5) is 0 Å². The van der Waals surface area contributed by atoms with E-state index in [0.717, 1.165) is 53.3 Å². The SMILES string of the molecule is COC[C@@H]1CC(=O)[C@H](CCCN2CCOCC2)N(Cc2ccc(Cl)cc2Oc2ccc(-c3cnc(CN(C)C)n3C)cc2)C(=O)C[C@@H]([C@H]2CCc3ccccc32)C(=O)N(C)C[C@@H](Cc2ccc(Cl)cc2)N(C)C1=O. The molecule has 3 heterocycles. The van der Waals surface area contributed by atoms with Crippen LogP contribution in [-0.4, -0.2) is 151 Å². The van der Waals surface area contributed by atoms with Crippen LogP contribution in [0.3, 0.4) is 0 Å². The maximum Gasteiger partial charge on any atom is 0.228 e. The molecule has 8 rings (SSSR count). The van der Waals surface area contributed by atoms with Crippen molar-refractivity contribution < 1.29 is 33.4 Å². The molecule has 3 aliphatic rings. The first kappa shape index (κ1) is 54.6. The number of carbonyl (C=O) groups is 4. The molecule has 0 spiro atoms. The van der Waals surface area contributed by atoms with E-state index in [4.69, 9.17) is 37.4 Å². The number of likely N-dealkylation sites (N-methyl/N-ethyl adjacent to an activating group) is 2. The van der Waals surface area contributed by atoms with Gasteiger partial charge in [-0.1, -0.05) is 65.7 Å². The third-order valence-corrected chi connectivity index (χ3v) is 15.6. The van der Waals surface area contributed by atoms with Gasteiger partial charge in [-0.3, -0.25) is 24.1 Å². The molecule has 2 aliphatic heterocycles. The van der Waals surface area contributed by atoms with E-state index in [1.807, 2.05) is 94.1 Å². The van der Waals surface area contributed by atoms with Gasteiger partial charge in [0.2, 0.25) is 17.7 Å². The maximum atomic E-state index is 15.8. The summed E-state index contributed by atoms with van der Waals surface area (Å²) < 4.78 is 20.1. The smallest absolute Gasteiger partial charge is 0.228 e. The lowest BCUT2D eigenvalue weighted by atomic mass is 9.83. The summed E-state index contributed by atoms with van der Waals surface area (Å²) in [7, 11) is 11.1. The van der Waals surface area contributed by atoms with Crippen molar-refractivity contribution in [2.24, 2.45) is 18.9 Å². The zero-order valence-corrected chi connectivity index (χ0v) is 45.2. The Morgan fingerprint density at radius 1 is 0.838 bits per heavy atom. The Balaban J connectivity index is 1.18. The highest BCUT2D eigenvalue weighted by Gasteiger charge is 2.42. The third-order valence-electron chi connectivity index (χ3n) is 15.1. The van der Waals surface area contributed by atoms with Crippen molar-refractivity contribution in [3.63, 3.8) is 0 Å². The Hall–Kier alpha value is -5.61. The number of fused-ring (bicyclic) bond motifs is 1. The molecule has 0 radical (unpaired) electrons. The van der Waals surface area contributed by atoms with Gasteiger partial charge in [-0.05, 0) is 124 Å². The van der Waals surface area contributed by atoms with Crippen molar-refractivity contribution in [3.05, 3.63) is 135 Å². The number of benzene rings is 4. The number of methoxy groups -OCH3 is 1. The molecule has 4 aromatic carbocycles. The van der Waals surface area contributed by atoms with Crippen molar-refractivity contribution in [3.8, 4) is 22.8 Å². The van der Waals surface area contributed by atoms with Crippen LogP contribution in [0.15, 0.2) is 97.2 Å². The molecule has 1 aromatic heterocycles. The van der Waals surface area contributed by atoms with E-state index in [2.05, 4.69) is 31.5 Å². The summed E-state index contributed by atoms with van der Waals surface area (Å²) in [5.41, 5.74) is 5.71. The Labute approximate surface area is 446 Å². The molecule has 1 aliphatic carbocycles. The first-order chi connectivity index (χ1) is 35.7. The Bertz CT molecular complexity index is 2730. The molecular formula is C58H71Cl2N7O7. The van der Waals surface area contributed by atoms with Gasteiger partial charge in [0.1, 0.15) is 17.3 Å². The number of halogens is 2. The summed E-state index contributed by atoms with van der Waals surface area (Å²) >= 11 is 13.0. The number of ketones is 1. The van der Waals surface area contributed by atoms with Crippen LogP contribution in [0.5, 0.6) is 11.5 Å². The fourth-order valence-electron chi connectivity index (χ4n) is 11.0. The molecular weight excluding hydrogens is 978 g/mol. The second kappa shape index (κ2) is 25.3. The lowest BCUT2D eigenvalue weighted by molar-refractivity contribution is -0.149. The molecule has 74 heavy (non-hydrogen) atoms. The number of ether oxygens (including phenoxy) is 3. The second-order valence-corrected chi connectivity index (χ2v) is 21.4. The van der Waals surface area contributed by atoms with E-state index in [9.17, 15) is 4.79 Å². The van der Waals surface area contributed by atoms with Gasteiger partial charge in [-0.2, -0.15) is 0 Å². The molecule has 394 valence electrons. The fraction of sp³-hybridized carbons (Fsp3) is 0.466. The molecule has 0 N–H and O–H groups in total. The minimum Gasteiger partial charge on any atom is -0.457 e. The van der Waals surface area contributed by atoms with Gasteiger partial charge < -0.3 is 38.4 Å². The third kappa shape index (κ3) is 13.4. The average molecular weight is 1050 g/mol. The minimum atomic E-state index is -0.961. The number of carbonyl (C=O) groups excluding carboxylic acids is 4. The minimum absolute atomic E-state index is 0.0131. The molecule has 14 nitrogen and oxygen atoms in total. The first-order valence-electron chi connectivity index (χ1n) is 25.8. The van der Waals surface area contributed by atoms with E-state index in [1.54, 1.807) is 40.9 Å². The monoisotopic (exact) mass is 1050 g/mol. The Morgan fingerprint density at radius 3 is 2.30 bits per heavy atom. The quantitative estimate of drug-likeness (QED) is 0.0948. The van der Waals surface area contributed by atoms with Gasteiger partial charge >= 0.3 is 0 Å². The van der Waals surface area contributed by atoms with E-state index in [0.29, 0.717) is 79.1 Å². The number of morpholine rings is 1. The van der Waals surface area contributed by atoms with Crippen LogP contribution in [0.1, 0.15) is 66.1 Å². The number of Topliss-reactive ketones (excluding diaryl/α,β-unsaturated/α-hetero) is 1. The molecule has 0 saturated carbocycles. The molecule has 2 saturated heterocycles. The van der Waals surface area contributed by atoms with Gasteiger partial charge in [-0.25, -0.2) is 4.98 Å². The average Bonchev–Trinajstić information content (AvgIpc) is 3.99. The number of hydrogen-bond acceptors (Lipinski definition) is 10. The largest absolute Gasteiger partial charge is 0.457 e. The highest BCUT2D eigenvalue weighted by atomic mass is 35.5. The van der Waals surface area contributed by atoms with E-state index in [-0.39, 0.29) is 62.0 Å². The van der Waals surface area contributed by atoms with Gasteiger partial charge in [0.15, 0.2) is 5.78 Å². The van der Waals surface area contributed by atoms with E-state index < -0.39 is 23.9 Å². The summed E-state index contributed by atoms with van der Waals surface area (Å²) in [5, 5.41) is 1.02. The van der Waals surface area contributed by atoms with Crippen molar-refractivity contribution in [2.45, 2.75) is 76.0 Å². The van der Waals surface area contributed by atoms with Crippen molar-refractivity contribution >= 4 is 46.7 Å². The number of amides is 3. The van der Waals surface area contributed by atoms with Crippen LogP contribution in [0, 0.1) is 11.8 Å². The molecule has 5 atom stereocenters. The van der Waals surface area contributed by atoms with E-state index >= 15 is 14.4 Å². The number of nitrogens with zero attached hydrogens (tertiary/aromatic N) is 7.